The molecule has 2 amide bonds. The molecule has 0 heterocycles. The number of benzene rings is 3. The summed E-state index contributed by atoms with van der Waals surface area (Å²) in [7, 11) is -1.15. The van der Waals surface area contributed by atoms with E-state index in [0.717, 1.165) is 16.3 Å². The van der Waals surface area contributed by atoms with Crippen molar-refractivity contribution in [2.24, 2.45) is 0 Å². The van der Waals surface area contributed by atoms with Crippen molar-refractivity contribution in [1.29, 1.82) is 0 Å². The van der Waals surface area contributed by atoms with Crippen LogP contribution in [-0.2, 0) is 26.2 Å². The summed E-state index contributed by atoms with van der Waals surface area (Å²) in [5.41, 5.74) is 1.00. The smallest absolute Gasteiger partial charge is 0.264 e. The summed E-state index contributed by atoms with van der Waals surface area (Å²) in [5, 5.41) is 3.23. The number of nitrogens with one attached hydrogen (secondary N) is 1. The lowest BCUT2D eigenvalue weighted by molar-refractivity contribution is -0.139. The van der Waals surface area contributed by atoms with Crippen molar-refractivity contribution in [3.8, 4) is 11.5 Å². The Kier molecular flexibility index (Phi) is 10.8. The van der Waals surface area contributed by atoms with Crippen molar-refractivity contribution in [2.45, 2.75) is 37.8 Å². The molecule has 9 nitrogen and oxygen atoms in total. The molecule has 40 heavy (non-hydrogen) atoms. The van der Waals surface area contributed by atoms with Crippen LogP contribution in [0.15, 0.2) is 77.7 Å². The molecule has 1 N–H and O–H groups in total. The Balaban J connectivity index is 2.00. The predicted octanol–water partition coefficient (Wildman–Crippen LogP) is 4.50. The minimum atomic E-state index is -4.19. The standard InChI is InChI=1S/C29H34ClN3O6S/c1-5-18-31-29(35)21(2)32(19-22-6-12-25(38-3)13-7-22)28(34)20-33(24-10-8-23(30)9-11-24)40(36,37)27-16-14-26(39-4)15-17-27/h6-17,21H,5,18-20H2,1-4H3,(H,31,35). The van der Waals surface area contributed by atoms with E-state index in [1.54, 1.807) is 50.4 Å². The van der Waals surface area contributed by atoms with E-state index in [2.05, 4.69) is 5.32 Å². The second-order valence-corrected chi connectivity index (χ2v) is 11.3. The Morgan fingerprint density at radius 1 is 0.900 bits per heavy atom. The lowest BCUT2D eigenvalue weighted by Crippen LogP contribution is -2.51. The molecule has 0 spiro atoms. The van der Waals surface area contributed by atoms with Gasteiger partial charge in [-0.25, -0.2) is 8.42 Å². The highest BCUT2D eigenvalue weighted by Gasteiger charge is 2.32. The zero-order valence-corrected chi connectivity index (χ0v) is 24.5. The predicted molar refractivity (Wildman–Crippen MR) is 155 cm³/mol. The van der Waals surface area contributed by atoms with Gasteiger partial charge in [-0.3, -0.25) is 13.9 Å². The molecule has 1 atom stereocenters. The number of ether oxygens (including phenoxy) is 2. The summed E-state index contributed by atoms with van der Waals surface area (Å²) in [4.78, 5) is 28.2. The minimum absolute atomic E-state index is 0.0218. The molecule has 3 aromatic rings. The molecule has 3 rings (SSSR count). The summed E-state index contributed by atoms with van der Waals surface area (Å²) in [6, 6.07) is 18.3. The number of amides is 2. The molecule has 0 aliphatic carbocycles. The molecule has 0 bridgehead atoms. The maximum absolute atomic E-state index is 13.9. The third kappa shape index (κ3) is 7.67. The van der Waals surface area contributed by atoms with Gasteiger partial charge in [-0.1, -0.05) is 30.7 Å². The van der Waals surface area contributed by atoms with E-state index >= 15 is 0 Å². The van der Waals surface area contributed by atoms with Crippen molar-refractivity contribution in [3.05, 3.63) is 83.4 Å². The van der Waals surface area contributed by atoms with Crippen LogP contribution in [0.5, 0.6) is 11.5 Å². The third-order valence-electron chi connectivity index (χ3n) is 6.27. The van der Waals surface area contributed by atoms with Gasteiger partial charge in [0.05, 0.1) is 24.8 Å². The monoisotopic (exact) mass is 587 g/mol. The Morgan fingerprint density at radius 3 is 1.98 bits per heavy atom. The molecule has 0 fully saturated rings. The number of halogens is 1. The van der Waals surface area contributed by atoms with Crippen molar-refractivity contribution >= 4 is 39.1 Å². The molecule has 0 saturated carbocycles. The number of sulfonamides is 1. The van der Waals surface area contributed by atoms with Gasteiger partial charge in [0.2, 0.25) is 11.8 Å². The van der Waals surface area contributed by atoms with Crippen LogP contribution in [0.3, 0.4) is 0 Å². The number of hydrogen-bond acceptors (Lipinski definition) is 6. The fraction of sp³-hybridized carbons (Fsp3) is 0.310. The van der Waals surface area contributed by atoms with Gasteiger partial charge in [-0.2, -0.15) is 0 Å². The Hall–Kier alpha value is -3.76. The number of methoxy groups -OCH3 is 2. The van der Waals surface area contributed by atoms with Crippen LogP contribution in [-0.4, -0.2) is 58.5 Å². The average molecular weight is 588 g/mol. The van der Waals surface area contributed by atoms with E-state index < -0.39 is 28.5 Å². The van der Waals surface area contributed by atoms with E-state index in [4.69, 9.17) is 21.1 Å². The average Bonchev–Trinajstić information content (AvgIpc) is 2.97. The number of rotatable bonds is 13. The van der Waals surface area contributed by atoms with Gasteiger partial charge < -0.3 is 19.7 Å². The van der Waals surface area contributed by atoms with Gasteiger partial charge in [0.15, 0.2) is 0 Å². The maximum Gasteiger partial charge on any atom is 0.264 e. The molecule has 11 heteroatoms. The van der Waals surface area contributed by atoms with Crippen LogP contribution >= 0.6 is 11.6 Å². The van der Waals surface area contributed by atoms with Crippen molar-refractivity contribution in [2.75, 3.05) is 31.6 Å². The first kappa shape index (κ1) is 30.8. The lowest BCUT2D eigenvalue weighted by Gasteiger charge is -2.32. The van der Waals surface area contributed by atoms with Crippen LogP contribution in [0.4, 0.5) is 5.69 Å². The van der Waals surface area contributed by atoms with Gasteiger partial charge in [-0.15, -0.1) is 0 Å². The van der Waals surface area contributed by atoms with Crippen molar-refractivity contribution < 1.29 is 27.5 Å². The molecule has 0 radical (unpaired) electrons. The van der Waals surface area contributed by atoms with Crippen LogP contribution in [0.2, 0.25) is 5.02 Å². The zero-order chi connectivity index (χ0) is 29.3. The molecule has 214 valence electrons. The SMILES string of the molecule is CCCNC(=O)C(C)N(Cc1ccc(OC)cc1)C(=O)CN(c1ccc(Cl)cc1)S(=O)(=O)c1ccc(OC)cc1. The van der Waals surface area contributed by atoms with E-state index in [-0.39, 0.29) is 23.0 Å². The molecular weight excluding hydrogens is 554 g/mol. The van der Waals surface area contributed by atoms with Gasteiger partial charge >= 0.3 is 0 Å². The molecule has 1 unspecified atom stereocenters. The number of anilines is 1. The van der Waals surface area contributed by atoms with E-state index in [9.17, 15) is 18.0 Å². The highest BCUT2D eigenvalue weighted by atomic mass is 35.5. The summed E-state index contributed by atoms with van der Waals surface area (Å²) in [6.45, 7) is 3.55. The molecule has 3 aromatic carbocycles. The maximum atomic E-state index is 13.9. The van der Waals surface area contributed by atoms with Gasteiger partial charge in [0.1, 0.15) is 24.1 Å². The summed E-state index contributed by atoms with van der Waals surface area (Å²) in [6.07, 6.45) is 0.731. The number of hydrogen-bond donors (Lipinski definition) is 1. The minimum Gasteiger partial charge on any atom is -0.497 e. The van der Waals surface area contributed by atoms with Crippen LogP contribution in [0.25, 0.3) is 0 Å². The normalized spacial score (nSPS) is 11.8. The van der Waals surface area contributed by atoms with Gasteiger partial charge in [-0.05, 0) is 79.6 Å². The molecule has 0 aliphatic heterocycles. The van der Waals surface area contributed by atoms with Gasteiger partial charge in [0.25, 0.3) is 10.0 Å². The molecular formula is C29H34ClN3O6S. The molecule has 0 aromatic heterocycles. The fourth-order valence-electron chi connectivity index (χ4n) is 3.92. The Bertz CT molecular complexity index is 1380. The highest BCUT2D eigenvalue weighted by molar-refractivity contribution is 7.92. The Morgan fingerprint density at radius 2 is 1.45 bits per heavy atom. The van der Waals surface area contributed by atoms with Crippen LogP contribution in [0.1, 0.15) is 25.8 Å². The van der Waals surface area contributed by atoms with Crippen molar-refractivity contribution in [1.82, 2.24) is 10.2 Å². The summed E-state index contributed by atoms with van der Waals surface area (Å²) in [5.74, 6) is 0.252. The Labute approximate surface area is 240 Å². The lowest BCUT2D eigenvalue weighted by atomic mass is 10.1. The van der Waals surface area contributed by atoms with Crippen LogP contribution in [0, 0.1) is 0 Å². The zero-order valence-electron chi connectivity index (χ0n) is 23.0. The first-order valence-electron chi connectivity index (χ1n) is 12.7. The van der Waals surface area contributed by atoms with Crippen LogP contribution < -0.4 is 19.1 Å². The van der Waals surface area contributed by atoms with Gasteiger partial charge in [0, 0.05) is 18.1 Å². The topological polar surface area (TPSA) is 105 Å². The number of carbonyl (C=O) groups excluding carboxylic acids is 2. The number of carbonyl (C=O) groups is 2. The highest BCUT2D eigenvalue weighted by Crippen LogP contribution is 2.27. The van der Waals surface area contributed by atoms with E-state index in [1.165, 1.54) is 48.4 Å². The molecule has 0 saturated heterocycles. The second kappa shape index (κ2) is 14.0. The summed E-state index contributed by atoms with van der Waals surface area (Å²) >= 11 is 6.06. The third-order valence-corrected chi connectivity index (χ3v) is 8.31. The van der Waals surface area contributed by atoms with E-state index in [1.807, 2.05) is 6.92 Å². The quantitative estimate of drug-likeness (QED) is 0.316. The largest absolute Gasteiger partial charge is 0.497 e. The second-order valence-electron chi connectivity index (χ2n) is 9.00. The van der Waals surface area contributed by atoms with E-state index in [0.29, 0.717) is 23.1 Å². The van der Waals surface area contributed by atoms with Crippen molar-refractivity contribution in [3.63, 3.8) is 0 Å². The summed E-state index contributed by atoms with van der Waals surface area (Å²) < 4.78 is 39.1. The fourth-order valence-corrected chi connectivity index (χ4v) is 5.46. The number of nitrogens with zero attached hydrogens (tertiary/aromatic N) is 2. The first-order chi connectivity index (χ1) is 19.1. The first-order valence-corrected chi connectivity index (χ1v) is 14.5. The molecule has 0 aliphatic rings.